The van der Waals surface area contributed by atoms with Crippen LogP contribution in [0.1, 0.15) is 15.9 Å². The first-order valence-electron chi connectivity index (χ1n) is 7.12. The van der Waals surface area contributed by atoms with E-state index in [4.69, 9.17) is 4.74 Å². The minimum Gasteiger partial charge on any atom is -0.507 e. The van der Waals surface area contributed by atoms with Crippen molar-refractivity contribution in [3.8, 4) is 11.5 Å². The lowest BCUT2D eigenvalue weighted by atomic mass is 10.2. The third-order valence-electron chi connectivity index (χ3n) is 3.09. The number of rotatable bonds is 6. The van der Waals surface area contributed by atoms with Crippen LogP contribution in [0, 0.1) is 0 Å². The number of hydrazone groups is 1. The highest BCUT2D eigenvalue weighted by Crippen LogP contribution is 2.12. The maximum atomic E-state index is 11.9. The second kappa shape index (κ2) is 8.33. The third kappa shape index (κ3) is 4.84. The lowest BCUT2D eigenvalue weighted by Crippen LogP contribution is -2.34. The van der Waals surface area contributed by atoms with Crippen molar-refractivity contribution in [2.45, 2.75) is 0 Å². The Balaban J connectivity index is 1.80. The average molecular weight is 327 g/mol. The van der Waals surface area contributed by atoms with Gasteiger partial charge in [-0.3, -0.25) is 9.59 Å². The number of nitrogens with one attached hydrogen (secondary N) is 2. The molecule has 24 heavy (non-hydrogen) atoms. The van der Waals surface area contributed by atoms with Crippen molar-refractivity contribution in [2.24, 2.45) is 5.10 Å². The van der Waals surface area contributed by atoms with E-state index >= 15 is 0 Å². The second-order valence-electron chi connectivity index (χ2n) is 4.76. The molecule has 0 saturated carbocycles. The monoisotopic (exact) mass is 327 g/mol. The van der Waals surface area contributed by atoms with Crippen molar-refractivity contribution < 1.29 is 19.4 Å². The summed E-state index contributed by atoms with van der Waals surface area (Å²) >= 11 is 0. The van der Waals surface area contributed by atoms with Gasteiger partial charge < -0.3 is 15.2 Å². The average Bonchev–Trinajstić information content (AvgIpc) is 2.61. The third-order valence-corrected chi connectivity index (χ3v) is 3.09. The Morgan fingerprint density at radius 3 is 2.54 bits per heavy atom. The highest BCUT2D eigenvalue weighted by molar-refractivity contribution is 5.96. The van der Waals surface area contributed by atoms with Crippen LogP contribution < -0.4 is 15.5 Å². The molecule has 3 N–H and O–H groups in total. The zero-order valence-corrected chi connectivity index (χ0v) is 13.0. The molecule has 0 atom stereocenters. The van der Waals surface area contributed by atoms with Crippen LogP contribution in [-0.4, -0.2) is 36.8 Å². The number of carbonyl (C=O) groups is 2. The van der Waals surface area contributed by atoms with Crippen molar-refractivity contribution in [2.75, 3.05) is 13.7 Å². The van der Waals surface area contributed by atoms with Crippen LogP contribution in [0.4, 0.5) is 0 Å². The Morgan fingerprint density at radius 1 is 1.17 bits per heavy atom. The molecule has 0 aliphatic rings. The van der Waals surface area contributed by atoms with Gasteiger partial charge in [0.15, 0.2) is 0 Å². The highest BCUT2D eigenvalue weighted by Gasteiger charge is 2.07. The molecule has 0 radical (unpaired) electrons. The molecule has 0 heterocycles. The number of phenols is 1. The molecular weight excluding hydrogens is 310 g/mol. The molecule has 2 amide bonds. The molecule has 0 aromatic heterocycles. The van der Waals surface area contributed by atoms with Crippen LogP contribution in [0.25, 0.3) is 0 Å². The van der Waals surface area contributed by atoms with E-state index in [2.05, 4.69) is 15.8 Å². The molecule has 0 fully saturated rings. The number of benzene rings is 2. The minimum absolute atomic E-state index is 0.0586. The SMILES string of the molecule is COc1ccc(C(=O)NCC(=O)N/N=C/c2ccccc2O)cc1. The number of aromatic hydroxyl groups is 1. The molecule has 0 unspecified atom stereocenters. The topological polar surface area (TPSA) is 100 Å². The van der Waals surface area contributed by atoms with Crippen LogP contribution >= 0.6 is 0 Å². The second-order valence-corrected chi connectivity index (χ2v) is 4.76. The van der Waals surface area contributed by atoms with Crippen molar-refractivity contribution in [1.82, 2.24) is 10.7 Å². The van der Waals surface area contributed by atoms with E-state index in [1.807, 2.05) is 0 Å². The molecule has 7 nitrogen and oxygen atoms in total. The summed E-state index contributed by atoms with van der Waals surface area (Å²) in [5.41, 5.74) is 3.16. The first-order chi connectivity index (χ1) is 11.6. The standard InChI is InChI=1S/C17H17N3O4/c1-24-14-8-6-12(7-9-14)17(23)18-11-16(22)20-19-10-13-4-2-3-5-15(13)21/h2-10,21H,11H2,1H3,(H,18,23)(H,20,22)/b19-10+. The lowest BCUT2D eigenvalue weighted by Gasteiger charge is -2.05. The number of ether oxygens (including phenoxy) is 1. The van der Waals surface area contributed by atoms with E-state index in [9.17, 15) is 14.7 Å². The summed E-state index contributed by atoms with van der Waals surface area (Å²) < 4.78 is 5.01. The summed E-state index contributed by atoms with van der Waals surface area (Å²) in [5.74, 6) is -0.160. The summed E-state index contributed by atoms with van der Waals surface area (Å²) in [7, 11) is 1.54. The first kappa shape index (κ1) is 17.0. The molecule has 2 aromatic carbocycles. The van der Waals surface area contributed by atoms with E-state index < -0.39 is 5.91 Å². The van der Waals surface area contributed by atoms with Crippen LogP contribution in [0.3, 0.4) is 0 Å². The zero-order chi connectivity index (χ0) is 17.4. The van der Waals surface area contributed by atoms with E-state index in [1.54, 1.807) is 42.5 Å². The number of para-hydroxylation sites is 1. The summed E-state index contributed by atoms with van der Waals surface area (Å²) in [6.45, 7) is -0.219. The van der Waals surface area contributed by atoms with Crippen molar-refractivity contribution >= 4 is 18.0 Å². The lowest BCUT2D eigenvalue weighted by molar-refractivity contribution is -0.120. The molecule has 2 aromatic rings. The summed E-state index contributed by atoms with van der Waals surface area (Å²) in [6.07, 6.45) is 1.32. The fourth-order valence-corrected chi connectivity index (χ4v) is 1.82. The molecule has 7 heteroatoms. The van der Waals surface area contributed by atoms with E-state index in [1.165, 1.54) is 19.4 Å². The molecule has 2 rings (SSSR count). The van der Waals surface area contributed by atoms with Crippen molar-refractivity contribution in [1.29, 1.82) is 0 Å². The Labute approximate surface area is 139 Å². The molecule has 0 bridgehead atoms. The quantitative estimate of drug-likeness (QED) is 0.549. The fourth-order valence-electron chi connectivity index (χ4n) is 1.82. The van der Waals surface area contributed by atoms with Crippen molar-refractivity contribution in [3.63, 3.8) is 0 Å². The Morgan fingerprint density at radius 2 is 1.88 bits per heavy atom. The molecule has 0 spiro atoms. The van der Waals surface area contributed by atoms with Gasteiger partial charge in [0.05, 0.1) is 19.9 Å². The predicted molar refractivity (Wildman–Crippen MR) is 89.2 cm³/mol. The maximum Gasteiger partial charge on any atom is 0.259 e. The molecule has 0 aliphatic carbocycles. The molecule has 0 aliphatic heterocycles. The smallest absolute Gasteiger partial charge is 0.259 e. The highest BCUT2D eigenvalue weighted by atomic mass is 16.5. The normalized spacial score (nSPS) is 10.4. The minimum atomic E-state index is -0.483. The number of amides is 2. The van der Waals surface area contributed by atoms with Gasteiger partial charge in [0.25, 0.3) is 11.8 Å². The van der Waals surface area contributed by atoms with E-state index in [0.717, 1.165) is 0 Å². The van der Waals surface area contributed by atoms with Gasteiger partial charge in [-0.1, -0.05) is 12.1 Å². The molecule has 124 valence electrons. The summed E-state index contributed by atoms with van der Waals surface area (Å²) in [4.78, 5) is 23.5. The summed E-state index contributed by atoms with van der Waals surface area (Å²) in [6, 6.07) is 13.1. The van der Waals surface area contributed by atoms with Crippen LogP contribution in [0.5, 0.6) is 11.5 Å². The van der Waals surface area contributed by atoms with Gasteiger partial charge >= 0.3 is 0 Å². The molecular formula is C17H17N3O4. The molecule has 0 saturated heterocycles. The largest absolute Gasteiger partial charge is 0.507 e. The number of hydrogen-bond donors (Lipinski definition) is 3. The number of hydrogen-bond acceptors (Lipinski definition) is 5. The first-order valence-corrected chi connectivity index (χ1v) is 7.12. The number of phenolic OH excluding ortho intramolecular Hbond substituents is 1. The van der Waals surface area contributed by atoms with Gasteiger partial charge in [0, 0.05) is 11.1 Å². The van der Waals surface area contributed by atoms with Gasteiger partial charge in [0.1, 0.15) is 11.5 Å². The van der Waals surface area contributed by atoms with Crippen LogP contribution in [0.15, 0.2) is 53.6 Å². The number of methoxy groups -OCH3 is 1. The van der Waals surface area contributed by atoms with Gasteiger partial charge in [-0.15, -0.1) is 0 Å². The number of carbonyl (C=O) groups excluding carboxylic acids is 2. The van der Waals surface area contributed by atoms with Crippen molar-refractivity contribution in [3.05, 3.63) is 59.7 Å². The van der Waals surface area contributed by atoms with E-state index in [0.29, 0.717) is 16.9 Å². The zero-order valence-electron chi connectivity index (χ0n) is 13.0. The Kier molecular flexibility index (Phi) is 5.90. The Bertz CT molecular complexity index is 742. The fraction of sp³-hybridized carbons (Fsp3) is 0.118. The van der Waals surface area contributed by atoms with E-state index in [-0.39, 0.29) is 18.2 Å². The van der Waals surface area contributed by atoms with Gasteiger partial charge in [0.2, 0.25) is 0 Å². The number of nitrogens with zero attached hydrogens (tertiary/aromatic N) is 1. The van der Waals surface area contributed by atoms with Gasteiger partial charge in [-0.2, -0.15) is 5.10 Å². The summed E-state index contributed by atoms with van der Waals surface area (Å²) in [5, 5.41) is 15.7. The van der Waals surface area contributed by atoms with Crippen LogP contribution in [0.2, 0.25) is 0 Å². The maximum absolute atomic E-state index is 11.9. The predicted octanol–water partition coefficient (Wildman–Crippen LogP) is 1.28. The van der Waals surface area contributed by atoms with Gasteiger partial charge in [-0.05, 0) is 36.4 Å². The van der Waals surface area contributed by atoms with Gasteiger partial charge in [-0.25, -0.2) is 5.43 Å². The Hall–Kier alpha value is -3.35. The van der Waals surface area contributed by atoms with Crippen LogP contribution in [-0.2, 0) is 4.79 Å².